The molecule has 6 heteroatoms. The van der Waals surface area contributed by atoms with Crippen molar-refractivity contribution in [1.29, 1.82) is 0 Å². The number of carbonyl (C=O) groups excluding carboxylic acids is 1. The molecule has 2 aromatic carbocycles. The van der Waals surface area contributed by atoms with Crippen molar-refractivity contribution in [2.24, 2.45) is 0 Å². The third-order valence-corrected chi connectivity index (χ3v) is 3.77. The normalized spacial score (nSPS) is 10.2. The summed E-state index contributed by atoms with van der Waals surface area (Å²) in [5.41, 5.74) is 0.752. The van der Waals surface area contributed by atoms with Gasteiger partial charge in [0.15, 0.2) is 5.56 Å². The smallest absolute Gasteiger partial charge is 0.353 e. The van der Waals surface area contributed by atoms with Gasteiger partial charge >= 0.3 is 11.6 Å². The van der Waals surface area contributed by atoms with Crippen molar-refractivity contribution in [3.05, 3.63) is 76.6 Å². The zero-order valence-electron chi connectivity index (χ0n) is 14.3. The van der Waals surface area contributed by atoms with E-state index in [1.807, 2.05) is 30.3 Å². The van der Waals surface area contributed by atoms with Gasteiger partial charge in [0.2, 0.25) is 0 Å². The molecule has 0 aliphatic carbocycles. The number of nitrogens with one attached hydrogen (secondary N) is 1. The first-order chi connectivity index (χ1) is 12.6. The summed E-state index contributed by atoms with van der Waals surface area (Å²) < 4.78 is 15.2. The largest absolute Gasteiger partial charge is 0.497 e. The summed E-state index contributed by atoms with van der Waals surface area (Å²) in [5, 5.41) is 3.08. The number of hydrogen-bond acceptors (Lipinski definition) is 6. The molecule has 26 heavy (non-hydrogen) atoms. The van der Waals surface area contributed by atoms with Crippen LogP contribution in [0.15, 0.2) is 69.9 Å². The molecule has 0 bridgehead atoms. The Morgan fingerprint density at radius 1 is 1.00 bits per heavy atom. The fourth-order valence-electron chi connectivity index (χ4n) is 2.46. The fourth-order valence-corrected chi connectivity index (χ4v) is 2.46. The van der Waals surface area contributed by atoms with Crippen LogP contribution in [-0.4, -0.2) is 20.2 Å². The van der Waals surface area contributed by atoms with Crippen molar-refractivity contribution in [3.8, 4) is 17.1 Å². The molecule has 0 unspecified atom stereocenters. The van der Waals surface area contributed by atoms with Crippen LogP contribution in [0.25, 0.3) is 11.3 Å². The second kappa shape index (κ2) is 7.57. The van der Waals surface area contributed by atoms with E-state index in [9.17, 15) is 9.59 Å². The third kappa shape index (κ3) is 3.59. The molecule has 0 saturated carbocycles. The van der Waals surface area contributed by atoms with Gasteiger partial charge in [-0.15, -0.1) is 0 Å². The minimum Gasteiger partial charge on any atom is -0.497 e. The Bertz CT molecular complexity index is 962. The number of anilines is 2. The molecule has 0 aliphatic heterocycles. The van der Waals surface area contributed by atoms with Gasteiger partial charge in [0.25, 0.3) is 0 Å². The number of para-hydroxylation sites is 1. The molecular weight excluding hydrogens is 334 g/mol. The molecule has 0 spiro atoms. The highest BCUT2D eigenvalue weighted by molar-refractivity contribution is 5.96. The molecule has 132 valence electrons. The molecule has 1 heterocycles. The summed E-state index contributed by atoms with van der Waals surface area (Å²) in [6.45, 7) is 0. The van der Waals surface area contributed by atoms with E-state index in [4.69, 9.17) is 13.9 Å². The van der Waals surface area contributed by atoms with E-state index in [0.717, 1.165) is 5.69 Å². The van der Waals surface area contributed by atoms with Crippen molar-refractivity contribution in [2.75, 3.05) is 19.5 Å². The topological polar surface area (TPSA) is 77.8 Å². The lowest BCUT2D eigenvalue weighted by Gasteiger charge is -2.11. The molecule has 6 nitrogen and oxygen atoms in total. The Balaban J connectivity index is 2.10. The Labute approximate surface area is 150 Å². The maximum absolute atomic E-state index is 12.4. The number of esters is 1. The molecule has 0 saturated heterocycles. The molecule has 0 amide bonds. The minimum absolute atomic E-state index is 0.186. The monoisotopic (exact) mass is 351 g/mol. The summed E-state index contributed by atoms with van der Waals surface area (Å²) in [7, 11) is 2.79. The first-order valence-electron chi connectivity index (χ1n) is 7.85. The van der Waals surface area contributed by atoms with Gasteiger partial charge in [-0.25, -0.2) is 9.59 Å². The van der Waals surface area contributed by atoms with Crippen molar-refractivity contribution in [2.45, 2.75) is 0 Å². The van der Waals surface area contributed by atoms with Crippen LogP contribution in [0.4, 0.5) is 11.4 Å². The van der Waals surface area contributed by atoms with E-state index in [-0.39, 0.29) is 5.56 Å². The maximum atomic E-state index is 12.4. The summed E-state index contributed by atoms with van der Waals surface area (Å²) in [6.07, 6.45) is 0. The van der Waals surface area contributed by atoms with Crippen LogP contribution in [-0.2, 0) is 4.74 Å². The van der Waals surface area contributed by atoms with Gasteiger partial charge in [-0.05, 0) is 36.4 Å². The van der Waals surface area contributed by atoms with Gasteiger partial charge < -0.3 is 19.2 Å². The van der Waals surface area contributed by atoms with Crippen LogP contribution in [0.5, 0.6) is 5.75 Å². The van der Waals surface area contributed by atoms with E-state index in [1.54, 1.807) is 37.4 Å². The van der Waals surface area contributed by atoms with Crippen molar-refractivity contribution in [3.63, 3.8) is 0 Å². The summed E-state index contributed by atoms with van der Waals surface area (Å²) in [5.74, 6) is 0.243. The highest BCUT2D eigenvalue weighted by Gasteiger charge is 2.21. The minimum atomic E-state index is -0.774. The third-order valence-electron chi connectivity index (χ3n) is 3.77. The molecule has 1 N–H and O–H groups in total. The van der Waals surface area contributed by atoms with Gasteiger partial charge in [0.1, 0.15) is 11.5 Å². The SMILES string of the molecule is COC(=O)c1c(Nc2ccccc2)cc(-c2ccc(OC)cc2)oc1=O. The van der Waals surface area contributed by atoms with E-state index >= 15 is 0 Å². The number of carbonyl (C=O) groups is 1. The molecule has 1 aromatic heterocycles. The van der Waals surface area contributed by atoms with Crippen LogP contribution in [0.2, 0.25) is 0 Å². The van der Waals surface area contributed by atoms with Crippen LogP contribution >= 0.6 is 0 Å². The quantitative estimate of drug-likeness (QED) is 0.704. The highest BCUT2D eigenvalue weighted by Crippen LogP contribution is 2.27. The fraction of sp³-hybridized carbons (Fsp3) is 0.100. The first kappa shape index (κ1) is 17.3. The second-order valence-corrected chi connectivity index (χ2v) is 5.40. The predicted octanol–water partition coefficient (Wildman–Crippen LogP) is 3.85. The van der Waals surface area contributed by atoms with Crippen molar-refractivity contribution < 1.29 is 18.7 Å². The lowest BCUT2D eigenvalue weighted by molar-refractivity contribution is 0.0597. The summed E-state index contributed by atoms with van der Waals surface area (Å²) >= 11 is 0. The first-order valence-corrected chi connectivity index (χ1v) is 7.85. The van der Waals surface area contributed by atoms with Gasteiger partial charge in [-0.2, -0.15) is 0 Å². The van der Waals surface area contributed by atoms with E-state index < -0.39 is 11.6 Å². The summed E-state index contributed by atoms with van der Waals surface area (Å²) in [6, 6.07) is 17.8. The Hall–Kier alpha value is -3.54. The highest BCUT2D eigenvalue weighted by atomic mass is 16.5. The van der Waals surface area contributed by atoms with Gasteiger partial charge in [0, 0.05) is 17.3 Å². The van der Waals surface area contributed by atoms with Crippen molar-refractivity contribution >= 4 is 17.3 Å². The lowest BCUT2D eigenvalue weighted by Crippen LogP contribution is -2.18. The van der Waals surface area contributed by atoms with Gasteiger partial charge in [0.05, 0.1) is 19.9 Å². The average Bonchev–Trinajstić information content (AvgIpc) is 2.68. The molecule has 0 atom stereocenters. The molecular formula is C20H17NO5. The van der Waals surface area contributed by atoms with Gasteiger partial charge in [-0.1, -0.05) is 18.2 Å². The van der Waals surface area contributed by atoms with E-state index in [1.165, 1.54) is 7.11 Å². The predicted molar refractivity (Wildman–Crippen MR) is 98.0 cm³/mol. The Morgan fingerprint density at radius 3 is 2.31 bits per heavy atom. The number of benzene rings is 2. The molecule has 0 radical (unpaired) electrons. The van der Waals surface area contributed by atoms with Crippen LogP contribution in [0.1, 0.15) is 10.4 Å². The zero-order valence-corrected chi connectivity index (χ0v) is 14.3. The molecule has 3 rings (SSSR count). The van der Waals surface area contributed by atoms with E-state index in [0.29, 0.717) is 22.8 Å². The average molecular weight is 351 g/mol. The second-order valence-electron chi connectivity index (χ2n) is 5.40. The lowest BCUT2D eigenvalue weighted by atomic mass is 10.1. The standard InChI is InChI=1S/C20H17NO5/c1-24-15-10-8-13(9-11-15)17-12-16(21-14-6-4-3-5-7-14)18(19(22)25-2)20(23)26-17/h3-12,21H,1-2H3. The van der Waals surface area contributed by atoms with Gasteiger partial charge in [-0.3, -0.25) is 0 Å². The molecule has 0 fully saturated rings. The van der Waals surface area contributed by atoms with Crippen LogP contribution in [0.3, 0.4) is 0 Å². The van der Waals surface area contributed by atoms with Crippen LogP contribution in [0, 0.1) is 0 Å². The number of ether oxygens (including phenoxy) is 2. The number of methoxy groups -OCH3 is 2. The Morgan fingerprint density at radius 2 is 1.69 bits per heavy atom. The summed E-state index contributed by atoms with van der Waals surface area (Å²) in [4.78, 5) is 24.5. The van der Waals surface area contributed by atoms with Crippen molar-refractivity contribution in [1.82, 2.24) is 0 Å². The van der Waals surface area contributed by atoms with Crippen LogP contribution < -0.4 is 15.7 Å². The Kier molecular flexibility index (Phi) is 5.03. The molecule has 0 aliphatic rings. The van der Waals surface area contributed by atoms with E-state index in [2.05, 4.69) is 5.32 Å². The maximum Gasteiger partial charge on any atom is 0.353 e. The zero-order chi connectivity index (χ0) is 18.5. The molecule has 3 aromatic rings. The number of rotatable bonds is 5. The number of hydrogen-bond donors (Lipinski definition) is 1.